The van der Waals surface area contributed by atoms with Crippen LogP contribution in [-0.4, -0.2) is 12.6 Å². The molecule has 2 fully saturated rings. The second-order valence-electron chi connectivity index (χ2n) is 7.40. The zero-order valence-electron chi connectivity index (χ0n) is 12.7. The van der Waals surface area contributed by atoms with Crippen LogP contribution in [0.2, 0.25) is 0 Å². The molecule has 0 aromatic heterocycles. The first kappa shape index (κ1) is 13.2. The first-order valence-corrected chi connectivity index (χ1v) is 7.73. The summed E-state index contributed by atoms with van der Waals surface area (Å²) in [6.07, 6.45) is 7.62. The largest absolute Gasteiger partial charge is 0.465 e. The summed E-state index contributed by atoms with van der Waals surface area (Å²) in [5, 5.41) is 0. The second-order valence-corrected chi connectivity index (χ2v) is 7.40. The van der Waals surface area contributed by atoms with Crippen molar-refractivity contribution in [3.63, 3.8) is 0 Å². The Balaban J connectivity index is 1.86. The molecule has 0 heterocycles. The molecular formula is C17H26O2. The number of allylic oxidation sites excluding steroid dienone is 2. The van der Waals surface area contributed by atoms with Crippen LogP contribution in [0.25, 0.3) is 0 Å². The van der Waals surface area contributed by atoms with Gasteiger partial charge in [-0.15, -0.1) is 0 Å². The first-order valence-electron chi connectivity index (χ1n) is 7.73. The van der Waals surface area contributed by atoms with E-state index in [9.17, 15) is 4.79 Å². The highest BCUT2D eigenvalue weighted by molar-refractivity contribution is 5.66. The zero-order valence-corrected chi connectivity index (χ0v) is 12.7. The van der Waals surface area contributed by atoms with Gasteiger partial charge in [-0.05, 0) is 48.9 Å². The molecular weight excluding hydrogens is 236 g/mol. The topological polar surface area (TPSA) is 26.3 Å². The summed E-state index contributed by atoms with van der Waals surface area (Å²) in [6.45, 7) is 9.36. The van der Waals surface area contributed by atoms with Gasteiger partial charge in [-0.25, -0.2) is 0 Å². The van der Waals surface area contributed by atoms with E-state index < -0.39 is 0 Å². The molecule has 106 valence electrons. The Hall–Kier alpha value is -0.790. The maximum atomic E-state index is 11.1. The third-order valence-corrected chi connectivity index (χ3v) is 6.51. The number of esters is 1. The van der Waals surface area contributed by atoms with Gasteiger partial charge in [-0.3, -0.25) is 4.79 Å². The van der Waals surface area contributed by atoms with Crippen LogP contribution < -0.4 is 0 Å². The molecule has 0 aliphatic heterocycles. The van der Waals surface area contributed by atoms with Crippen LogP contribution in [0.15, 0.2) is 11.6 Å². The number of hydrogen-bond donors (Lipinski definition) is 0. The average molecular weight is 262 g/mol. The van der Waals surface area contributed by atoms with Gasteiger partial charge in [0.25, 0.3) is 0 Å². The van der Waals surface area contributed by atoms with E-state index in [0.717, 1.165) is 17.8 Å². The number of carbonyl (C=O) groups is 1. The lowest BCUT2D eigenvalue weighted by atomic mass is 9.60. The number of ether oxygens (including phenoxy) is 1. The molecule has 0 spiro atoms. The highest BCUT2D eigenvalue weighted by atomic mass is 16.5. The van der Waals surface area contributed by atoms with E-state index in [2.05, 4.69) is 26.8 Å². The van der Waals surface area contributed by atoms with Gasteiger partial charge in [-0.1, -0.05) is 32.4 Å². The minimum absolute atomic E-state index is 0.137. The molecule has 0 aromatic carbocycles. The molecule has 5 atom stereocenters. The number of carbonyl (C=O) groups excluding carboxylic acids is 1. The van der Waals surface area contributed by atoms with Gasteiger partial charge in [-0.2, -0.15) is 0 Å². The van der Waals surface area contributed by atoms with Gasteiger partial charge < -0.3 is 4.74 Å². The van der Waals surface area contributed by atoms with Gasteiger partial charge in [0.1, 0.15) is 0 Å². The second kappa shape index (κ2) is 4.10. The normalized spacial score (nSPS) is 47.8. The Morgan fingerprint density at radius 2 is 2.16 bits per heavy atom. The predicted octanol–water partition coefficient (Wildman–Crippen LogP) is 3.96. The molecule has 0 amide bonds. The van der Waals surface area contributed by atoms with Gasteiger partial charge in [0.05, 0.1) is 6.61 Å². The molecule has 19 heavy (non-hydrogen) atoms. The quantitative estimate of drug-likeness (QED) is 0.556. The Morgan fingerprint density at radius 1 is 1.42 bits per heavy atom. The van der Waals surface area contributed by atoms with Crippen LogP contribution >= 0.6 is 0 Å². The highest BCUT2D eigenvalue weighted by Crippen LogP contribution is 2.75. The van der Waals surface area contributed by atoms with E-state index >= 15 is 0 Å². The molecule has 3 aliphatic carbocycles. The molecule has 2 nitrogen and oxygen atoms in total. The lowest BCUT2D eigenvalue weighted by Crippen LogP contribution is -2.36. The maximum absolute atomic E-state index is 11.1. The third kappa shape index (κ3) is 1.71. The van der Waals surface area contributed by atoms with Gasteiger partial charge >= 0.3 is 5.97 Å². The summed E-state index contributed by atoms with van der Waals surface area (Å²) in [5.74, 6) is 2.10. The van der Waals surface area contributed by atoms with Crippen LogP contribution in [0.1, 0.15) is 53.4 Å². The molecule has 0 bridgehead atoms. The van der Waals surface area contributed by atoms with Crippen LogP contribution in [0.5, 0.6) is 0 Å². The van der Waals surface area contributed by atoms with E-state index in [1.165, 1.54) is 32.6 Å². The molecule has 3 rings (SSSR count). The summed E-state index contributed by atoms with van der Waals surface area (Å²) in [4.78, 5) is 11.1. The SMILES string of the molecule is CC(=O)OCC1(C)C2CCC3=CCC[C@H](C)[C@@]3(C)C21. The van der Waals surface area contributed by atoms with Crippen molar-refractivity contribution in [2.75, 3.05) is 6.61 Å². The first-order chi connectivity index (χ1) is 8.90. The van der Waals surface area contributed by atoms with E-state index in [1.807, 2.05) is 0 Å². The number of hydrogen-bond acceptors (Lipinski definition) is 2. The lowest BCUT2D eigenvalue weighted by Gasteiger charge is -2.45. The molecule has 3 unspecified atom stereocenters. The van der Waals surface area contributed by atoms with Crippen molar-refractivity contribution in [2.24, 2.45) is 28.6 Å². The van der Waals surface area contributed by atoms with Crippen molar-refractivity contribution in [1.82, 2.24) is 0 Å². The summed E-state index contributed by atoms with van der Waals surface area (Å²) in [6, 6.07) is 0. The minimum atomic E-state index is -0.137. The van der Waals surface area contributed by atoms with Crippen LogP contribution in [-0.2, 0) is 9.53 Å². The molecule has 0 radical (unpaired) electrons. The summed E-state index contributed by atoms with van der Waals surface area (Å²) in [5.41, 5.74) is 2.27. The van der Waals surface area contributed by atoms with E-state index in [0.29, 0.717) is 12.0 Å². The van der Waals surface area contributed by atoms with Crippen molar-refractivity contribution in [2.45, 2.75) is 53.4 Å². The Bertz CT molecular complexity index is 439. The fourth-order valence-electron chi connectivity index (χ4n) is 5.25. The van der Waals surface area contributed by atoms with Crippen LogP contribution in [0.3, 0.4) is 0 Å². The van der Waals surface area contributed by atoms with E-state index in [4.69, 9.17) is 4.74 Å². The molecule has 2 saturated carbocycles. The average Bonchev–Trinajstić information content (AvgIpc) is 2.96. The fraction of sp³-hybridized carbons (Fsp3) is 0.824. The maximum Gasteiger partial charge on any atom is 0.302 e. The Labute approximate surface area is 116 Å². The summed E-state index contributed by atoms with van der Waals surface area (Å²) >= 11 is 0. The smallest absolute Gasteiger partial charge is 0.302 e. The van der Waals surface area contributed by atoms with Crippen molar-refractivity contribution in [3.8, 4) is 0 Å². The lowest BCUT2D eigenvalue weighted by molar-refractivity contribution is -0.143. The van der Waals surface area contributed by atoms with E-state index in [-0.39, 0.29) is 11.4 Å². The van der Waals surface area contributed by atoms with E-state index in [1.54, 1.807) is 5.57 Å². The Kier molecular flexibility index (Phi) is 2.85. The summed E-state index contributed by atoms with van der Waals surface area (Å²) in [7, 11) is 0. The standard InChI is InChI=1S/C17H26O2/c1-11-6-5-7-13-8-9-14-15(17(11,13)4)16(14,3)10-19-12(2)18/h7,11,14-15H,5-6,8-10H2,1-4H3/t11-,14?,15?,16?,17+/m0/s1. The molecule has 0 saturated heterocycles. The Morgan fingerprint density at radius 3 is 2.84 bits per heavy atom. The van der Waals surface area contributed by atoms with Crippen LogP contribution in [0, 0.1) is 28.6 Å². The monoisotopic (exact) mass is 262 g/mol. The molecule has 0 aromatic rings. The van der Waals surface area contributed by atoms with Crippen molar-refractivity contribution in [1.29, 1.82) is 0 Å². The minimum Gasteiger partial charge on any atom is -0.465 e. The summed E-state index contributed by atoms with van der Waals surface area (Å²) < 4.78 is 5.36. The number of fused-ring (bicyclic) bond motifs is 3. The zero-order chi connectivity index (χ0) is 13.8. The highest BCUT2D eigenvalue weighted by Gasteiger charge is 2.71. The predicted molar refractivity (Wildman–Crippen MR) is 75.5 cm³/mol. The molecule has 0 N–H and O–H groups in total. The van der Waals surface area contributed by atoms with Crippen molar-refractivity contribution >= 4 is 5.97 Å². The van der Waals surface area contributed by atoms with Crippen LogP contribution in [0.4, 0.5) is 0 Å². The van der Waals surface area contributed by atoms with Gasteiger partial charge in [0.2, 0.25) is 0 Å². The van der Waals surface area contributed by atoms with Crippen molar-refractivity contribution in [3.05, 3.63) is 11.6 Å². The van der Waals surface area contributed by atoms with Gasteiger partial charge in [0, 0.05) is 12.3 Å². The van der Waals surface area contributed by atoms with Crippen molar-refractivity contribution < 1.29 is 9.53 Å². The third-order valence-electron chi connectivity index (χ3n) is 6.51. The van der Waals surface area contributed by atoms with Gasteiger partial charge in [0.15, 0.2) is 0 Å². The fourth-order valence-corrected chi connectivity index (χ4v) is 5.25. The molecule has 3 aliphatic rings. The number of rotatable bonds is 2. The molecule has 2 heteroatoms.